The number of aliphatic imine (C=N–C) groups is 1. The van der Waals surface area contributed by atoms with Gasteiger partial charge in [-0.2, -0.15) is 13.1 Å². The number of carbonyl (C=O) groups excluding carboxylic acids is 7. The number of rotatable bonds is 25. The van der Waals surface area contributed by atoms with Crippen molar-refractivity contribution in [3.8, 4) is 23.0 Å². The molecule has 0 fully saturated rings. The summed E-state index contributed by atoms with van der Waals surface area (Å²) >= 11 is 0. The lowest BCUT2D eigenvalue weighted by molar-refractivity contribution is -0.140. The number of amides is 6. The van der Waals surface area contributed by atoms with Crippen LogP contribution in [0.2, 0.25) is 0 Å². The zero-order valence-corrected chi connectivity index (χ0v) is 49.5. The molecule has 4 atom stereocenters. The Morgan fingerprint density at radius 2 is 1.29 bits per heavy atom. The maximum atomic E-state index is 14.6. The molecule has 4 N–H and O–H groups in total. The van der Waals surface area contributed by atoms with Gasteiger partial charge in [0.05, 0.1) is 75.7 Å². The van der Waals surface area contributed by atoms with E-state index in [-0.39, 0.29) is 68.1 Å². The highest BCUT2D eigenvalue weighted by Gasteiger charge is 2.43. The molecular formula is C62H70N8O15S. The zero-order valence-electron chi connectivity index (χ0n) is 48.7. The minimum atomic E-state index is -4.49. The number of para-hydroxylation sites is 2. The Labute approximate surface area is 498 Å². The molecule has 86 heavy (non-hydrogen) atoms. The van der Waals surface area contributed by atoms with Crippen LogP contribution in [0.5, 0.6) is 23.0 Å². The summed E-state index contributed by atoms with van der Waals surface area (Å²) in [6.45, 7) is 5.15. The van der Waals surface area contributed by atoms with Crippen LogP contribution in [0.15, 0.2) is 102 Å². The Morgan fingerprint density at radius 1 is 0.674 bits per heavy atom. The Hall–Kier alpha value is -9.03. The largest absolute Gasteiger partial charge is 0.493 e. The molecular weight excluding hydrogens is 1130 g/mol. The van der Waals surface area contributed by atoms with Gasteiger partial charge in [-0.1, -0.05) is 62.4 Å². The van der Waals surface area contributed by atoms with E-state index in [1.54, 1.807) is 72.2 Å². The number of hydrogen-bond donors (Lipinski definition) is 4. The quantitative estimate of drug-likeness (QED) is 0.0325. The second-order valence-electron chi connectivity index (χ2n) is 21.5. The molecule has 5 aromatic carbocycles. The summed E-state index contributed by atoms with van der Waals surface area (Å²) in [5.41, 5.74) is 6.04. The van der Waals surface area contributed by atoms with Gasteiger partial charge in [0.2, 0.25) is 17.7 Å². The maximum absolute atomic E-state index is 14.6. The van der Waals surface area contributed by atoms with Crippen LogP contribution < -0.4 is 53.7 Å². The second-order valence-corrected chi connectivity index (χ2v) is 23.0. The smallest absolute Gasteiger partial charge is 0.414 e. The summed E-state index contributed by atoms with van der Waals surface area (Å²) in [5, 5.41) is 5.23. The first-order chi connectivity index (χ1) is 41.4. The predicted molar refractivity (Wildman–Crippen MR) is 320 cm³/mol. The van der Waals surface area contributed by atoms with Crippen LogP contribution in [0, 0.1) is 5.92 Å². The molecule has 0 aliphatic carbocycles. The monoisotopic (exact) mass is 1200 g/mol. The molecule has 5 aromatic rings. The number of methoxy groups -OCH3 is 3. The van der Waals surface area contributed by atoms with E-state index >= 15 is 0 Å². The lowest BCUT2D eigenvalue weighted by Crippen LogP contribution is -2.56. The number of anilines is 4. The molecule has 0 unspecified atom stereocenters. The minimum absolute atomic E-state index is 0.0750. The molecule has 4 aliphatic rings. The van der Waals surface area contributed by atoms with Crippen LogP contribution in [0.25, 0.3) is 0 Å². The zero-order chi connectivity index (χ0) is 61.2. The molecule has 4 heterocycles. The van der Waals surface area contributed by atoms with Gasteiger partial charge in [0.15, 0.2) is 23.0 Å². The van der Waals surface area contributed by atoms with E-state index in [0.717, 1.165) is 22.5 Å². The molecule has 0 aromatic heterocycles. The normalized spacial score (nSPS) is 16.2. The van der Waals surface area contributed by atoms with Gasteiger partial charge in [-0.05, 0) is 104 Å². The topological polar surface area (TPSA) is 279 Å². The summed E-state index contributed by atoms with van der Waals surface area (Å²) in [6, 6.07) is 25.5. The van der Waals surface area contributed by atoms with Crippen molar-refractivity contribution in [2.45, 2.75) is 109 Å². The van der Waals surface area contributed by atoms with E-state index in [1.807, 2.05) is 59.5 Å². The summed E-state index contributed by atoms with van der Waals surface area (Å²) in [7, 11) is -0.231. The van der Waals surface area contributed by atoms with Crippen LogP contribution in [-0.4, -0.2) is 121 Å². The van der Waals surface area contributed by atoms with Crippen molar-refractivity contribution < 1.29 is 70.4 Å². The first kappa shape index (κ1) is 61.5. The number of unbranched alkanes of at least 4 members (excludes halogenated alkanes) is 3. The molecule has 0 saturated heterocycles. The van der Waals surface area contributed by atoms with E-state index in [2.05, 4.69) is 20.1 Å². The average molecular weight is 1200 g/mol. The molecule has 0 bridgehead atoms. The molecule has 0 radical (unpaired) electrons. The second kappa shape index (κ2) is 27.3. The van der Waals surface area contributed by atoms with E-state index in [9.17, 15) is 42.0 Å². The summed E-state index contributed by atoms with van der Waals surface area (Å²) < 4.78 is 64.2. The van der Waals surface area contributed by atoms with Crippen molar-refractivity contribution in [3.05, 3.63) is 125 Å². The van der Waals surface area contributed by atoms with Crippen molar-refractivity contribution in [3.63, 3.8) is 0 Å². The Morgan fingerprint density at radius 3 is 1.95 bits per heavy atom. The van der Waals surface area contributed by atoms with Crippen LogP contribution in [0.1, 0.15) is 103 Å². The standard InChI is InChI=1S/C62H70N8O15S/c1-37(2)57(67-86(78,79)66-55(71)20-12-13-21-56(72)82-6)59(74)64-38(3)58(73)65-42-24-22-39(23-25-42)36-85-62(77)68-35-44-29-41-17-9-11-19-49(41)70(44)61(76)46-31-52(81-5)54(33-50(46)68)84-27-15-7-14-26-83-53-32-47-45(30-51(53)80-4)60(75)69-43(34-63-47)28-40-16-8-10-18-48(40)69/h8-11,16-19,22-25,30-34,37-38,43-44,57,67H,7,12-15,20-21,26-29,35-36H2,1-6H3,(H,64,74)(H,65,73)(H,66,71)/t38-,43-,44-,57-/m0/s1. The molecule has 0 spiro atoms. The number of ether oxygens (including phenoxy) is 6. The van der Waals surface area contributed by atoms with Gasteiger partial charge < -0.3 is 44.0 Å². The first-order valence-electron chi connectivity index (χ1n) is 28.5. The highest BCUT2D eigenvalue weighted by atomic mass is 32.2. The molecule has 9 rings (SSSR count). The van der Waals surface area contributed by atoms with Gasteiger partial charge in [-0.3, -0.25) is 43.6 Å². The number of carbonyl (C=O) groups is 7. The number of nitrogens with zero attached hydrogens (tertiary/aromatic N) is 4. The SMILES string of the molecule is COC(=O)CCCCC(=O)NS(=O)(=O)N[C@H](C(=O)N[C@@H](C)C(=O)Nc1ccc(COC(=O)N2C[C@@H]3Cc4ccccc4N3C(=O)c3cc(OC)c(OCCCCCOc4cc5c(cc4OC)C(=O)N4c6ccccc6C[C@H]4C=N5)cc32)cc1)C(C)C. The Kier molecular flexibility index (Phi) is 19.6. The Balaban J connectivity index is 0.792. The Bertz CT molecular complexity index is 3540. The minimum Gasteiger partial charge on any atom is -0.493 e. The van der Waals surface area contributed by atoms with Gasteiger partial charge in [-0.15, -0.1) is 0 Å². The predicted octanol–water partition coefficient (Wildman–Crippen LogP) is 7.50. The summed E-state index contributed by atoms with van der Waals surface area (Å²) in [5.74, 6) is -2.23. The van der Waals surface area contributed by atoms with Gasteiger partial charge in [0.1, 0.15) is 18.7 Å². The van der Waals surface area contributed by atoms with Gasteiger partial charge in [0, 0.05) is 54.7 Å². The van der Waals surface area contributed by atoms with Crippen LogP contribution in [0.3, 0.4) is 0 Å². The number of nitrogens with one attached hydrogen (secondary N) is 4. The van der Waals surface area contributed by atoms with Crippen LogP contribution in [-0.2, 0) is 58.3 Å². The summed E-state index contributed by atoms with van der Waals surface area (Å²) in [6.07, 6.45) is 4.71. The fourth-order valence-corrected chi connectivity index (χ4v) is 11.9. The highest BCUT2D eigenvalue weighted by Crippen LogP contribution is 2.44. The van der Waals surface area contributed by atoms with Gasteiger partial charge in [-0.25, -0.2) is 9.52 Å². The van der Waals surface area contributed by atoms with E-state index < -0.39 is 64.0 Å². The van der Waals surface area contributed by atoms with Gasteiger partial charge in [0.25, 0.3) is 11.8 Å². The third-order valence-electron chi connectivity index (χ3n) is 15.2. The average Bonchev–Trinajstić information content (AvgIpc) is 2.13. The first-order valence-corrected chi connectivity index (χ1v) is 30.0. The third kappa shape index (κ3) is 14.2. The highest BCUT2D eigenvalue weighted by molar-refractivity contribution is 7.88. The lowest BCUT2D eigenvalue weighted by Gasteiger charge is -2.26. The van der Waals surface area contributed by atoms with Crippen molar-refractivity contribution in [1.29, 1.82) is 0 Å². The number of fused-ring (bicyclic) bond motifs is 8. The molecule has 6 amide bonds. The molecule has 0 saturated carbocycles. The lowest BCUT2D eigenvalue weighted by atomic mass is 10.0. The van der Waals surface area contributed by atoms with Crippen molar-refractivity contribution >= 4 is 86.5 Å². The molecule has 4 aliphatic heterocycles. The maximum Gasteiger partial charge on any atom is 0.414 e. The third-order valence-corrected chi connectivity index (χ3v) is 16.3. The molecule has 24 heteroatoms. The van der Waals surface area contributed by atoms with E-state index in [4.69, 9.17) is 28.7 Å². The van der Waals surface area contributed by atoms with Gasteiger partial charge >= 0.3 is 22.3 Å². The van der Waals surface area contributed by atoms with Crippen molar-refractivity contribution in [1.82, 2.24) is 14.8 Å². The van der Waals surface area contributed by atoms with Crippen LogP contribution in [0.4, 0.5) is 33.2 Å². The number of benzene rings is 5. The van der Waals surface area contributed by atoms with E-state index in [0.29, 0.717) is 90.6 Å². The fourth-order valence-electron chi connectivity index (χ4n) is 10.7. The molecule has 23 nitrogen and oxygen atoms in total. The number of hydrogen-bond acceptors (Lipinski definition) is 16. The van der Waals surface area contributed by atoms with E-state index in [1.165, 1.54) is 33.2 Å². The number of esters is 1. The molecule has 454 valence electrons. The summed E-state index contributed by atoms with van der Waals surface area (Å²) in [4.78, 5) is 103. The van der Waals surface area contributed by atoms with Crippen molar-refractivity contribution in [2.75, 3.05) is 61.1 Å². The van der Waals surface area contributed by atoms with Crippen molar-refractivity contribution in [2.24, 2.45) is 10.9 Å². The van der Waals surface area contributed by atoms with Crippen LogP contribution >= 0.6 is 0 Å². The fraction of sp³-hybridized carbons (Fsp3) is 0.387.